The van der Waals surface area contributed by atoms with E-state index in [1.807, 2.05) is 24.3 Å². The predicted octanol–water partition coefficient (Wildman–Crippen LogP) is 3.07. The lowest BCUT2D eigenvalue weighted by atomic mass is 10.3. The predicted molar refractivity (Wildman–Crippen MR) is 50.4 cm³/mol. The summed E-state index contributed by atoms with van der Waals surface area (Å²) in [5.41, 5.74) is 0. The molecule has 0 unspecified atom stereocenters. The Balaban J connectivity index is 2.52. The van der Waals surface area contributed by atoms with Gasteiger partial charge in [0.15, 0.2) is 0 Å². The molecule has 0 saturated carbocycles. The maximum absolute atomic E-state index is 5.45. The van der Waals surface area contributed by atoms with Crippen LogP contribution in [-0.2, 0) is 0 Å². The number of ether oxygens (including phenoxy) is 1. The molecular weight excluding hydrogens is 227 g/mol. The first-order valence-corrected chi connectivity index (χ1v) is 4.60. The van der Waals surface area contributed by atoms with E-state index in [1.165, 1.54) is 0 Å². The molecule has 0 spiro atoms. The van der Waals surface area contributed by atoms with Crippen LogP contribution in [0.25, 0.3) is 0 Å². The number of benzene rings is 1. The third-order valence-corrected chi connectivity index (χ3v) is 1.84. The van der Waals surface area contributed by atoms with E-state index in [4.69, 9.17) is 16.3 Å². The normalized spacial score (nSPS) is 9.64. The zero-order chi connectivity index (χ0) is 8.10. The maximum atomic E-state index is 5.45. The Morgan fingerprint density at radius 1 is 1.27 bits per heavy atom. The quantitative estimate of drug-likeness (QED) is 0.732. The largest absolute Gasteiger partial charge is 0.492 e. The van der Waals surface area contributed by atoms with Crippen molar-refractivity contribution in [2.75, 3.05) is 12.5 Å². The molecule has 0 atom stereocenters. The zero-order valence-electron chi connectivity index (χ0n) is 5.89. The molecule has 11 heavy (non-hydrogen) atoms. The highest BCUT2D eigenvalue weighted by atomic mass is 79.9. The van der Waals surface area contributed by atoms with Crippen molar-refractivity contribution in [2.24, 2.45) is 0 Å². The first-order valence-electron chi connectivity index (χ1n) is 3.27. The highest BCUT2D eigenvalue weighted by Crippen LogP contribution is 2.15. The third-order valence-electron chi connectivity index (χ3n) is 1.16. The standard InChI is InChI=1S/C8H8BrClO/c9-7-1-3-8(4-2-7)11-6-5-10/h1-4H,5-6H2. The fraction of sp³-hybridized carbons (Fsp3) is 0.250. The van der Waals surface area contributed by atoms with Crippen LogP contribution in [0.5, 0.6) is 5.75 Å². The van der Waals surface area contributed by atoms with Crippen molar-refractivity contribution in [3.63, 3.8) is 0 Å². The van der Waals surface area contributed by atoms with Gasteiger partial charge in [-0.3, -0.25) is 0 Å². The summed E-state index contributed by atoms with van der Waals surface area (Å²) in [5, 5.41) is 0. The maximum Gasteiger partial charge on any atom is 0.119 e. The number of halogens is 2. The highest BCUT2D eigenvalue weighted by Gasteiger charge is 1.91. The Bertz CT molecular complexity index is 210. The fourth-order valence-corrected chi connectivity index (χ4v) is 1.03. The van der Waals surface area contributed by atoms with E-state index in [2.05, 4.69) is 15.9 Å². The van der Waals surface area contributed by atoms with Gasteiger partial charge in [-0.1, -0.05) is 15.9 Å². The molecule has 0 aromatic heterocycles. The Hall–Kier alpha value is -0.210. The lowest BCUT2D eigenvalue weighted by Crippen LogP contribution is -1.97. The third kappa shape index (κ3) is 3.12. The molecule has 0 aliphatic heterocycles. The van der Waals surface area contributed by atoms with Gasteiger partial charge in [-0.15, -0.1) is 11.6 Å². The van der Waals surface area contributed by atoms with Crippen molar-refractivity contribution < 1.29 is 4.74 Å². The summed E-state index contributed by atoms with van der Waals surface area (Å²) in [6.07, 6.45) is 0. The molecule has 0 amide bonds. The van der Waals surface area contributed by atoms with Crippen LogP contribution < -0.4 is 4.74 Å². The molecule has 1 rings (SSSR count). The average Bonchev–Trinajstić information content (AvgIpc) is 2.04. The molecule has 0 aliphatic rings. The van der Waals surface area contributed by atoms with Crippen LogP contribution in [0.1, 0.15) is 0 Å². The first kappa shape index (κ1) is 8.88. The summed E-state index contributed by atoms with van der Waals surface area (Å²) in [6.45, 7) is 0.559. The summed E-state index contributed by atoms with van der Waals surface area (Å²) < 4.78 is 6.31. The second-order valence-corrected chi connectivity index (χ2v) is 3.29. The van der Waals surface area contributed by atoms with Gasteiger partial charge in [0, 0.05) is 4.47 Å². The molecule has 1 aromatic rings. The number of alkyl halides is 1. The molecule has 1 aromatic carbocycles. The van der Waals surface area contributed by atoms with Crippen LogP contribution in [0.4, 0.5) is 0 Å². The van der Waals surface area contributed by atoms with Gasteiger partial charge < -0.3 is 4.74 Å². The molecule has 3 heteroatoms. The van der Waals surface area contributed by atoms with Gasteiger partial charge in [0.2, 0.25) is 0 Å². The van der Waals surface area contributed by atoms with Crippen molar-refractivity contribution in [3.05, 3.63) is 28.7 Å². The lowest BCUT2D eigenvalue weighted by Gasteiger charge is -2.02. The van der Waals surface area contributed by atoms with Crippen LogP contribution >= 0.6 is 27.5 Å². The van der Waals surface area contributed by atoms with E-state index in [0.717, 1.165) is 10.2 Å². The van der Waals surface area contributed by atoms with Gasteiger partial charge in [0.25, 0.3) is 0 Å². The zero-order valence-corrected chi connectivity index (χ0v) is 8.23. The summed E-state index contributed by atoms with van der Waals surface area (Å²) >= 11 is 8.78. The van der Waals surface area contributed by atoms with Crippen molar-refractivity contribution in [3.8, 4) is 5.75 Å². The van der Waals surface area contributed by atoms with E-state index in [0.29, 0.717) is 12.5 Å². The Morgan fingerprint density at radius 2 is 1.91 bits per heavy atom. The summed E-state index contributed by atoms with van der Waals surface area (Å²) in [6, 6.07) is 7.67. The lowest BCUT2D eigenvalue weighted by molar-refractivity contribution is 0.343. The molecule has 0 N–H and O–H groups in total. The van der Waals surface area contributed by atoms with E-state index in [1.54, 1.807) is 0 Å². The van der Waals surface area contributed by atoms with E-state index in [-0.39, 0.29) is 0 Å². The van der Waals surface area contributed by atoms with E-state index < -0.39 is 0 Å². The Labute approximate surface area is 79.4 Å². The van der Waals surface area contributed by atoms with Gasteiger partial charge in [0.05, 0.1) is 5.88 Å². The van der Waals surface area contributed by atoms with Gasteiger partial charge in [0.1, 0.15) is 12.4 Å². The minimum atomic E-state index is 0.524. The molecule has 0 saturated heterocycles. The SMILES string of the molecule is ClCCOc1ccc(Br)cc1. The van der Waals surface area contributed by atoms with E-state index >= 15 is 0 Å². The molecule has 1 nitrogen and oxygen atoms in total. The van der Waals surface area contributed by atoms with Crippen LogP contribution in [-0.4, -0.2) is 12.5 Å². The van der Waals surface area contributed by atoms with Crippen LogP contribution in [0.15, 0.2) is 28.7 Å². The van der Waals surface area contributed by atoms with Crippen LogP contribution in [0, 0.1) is 0 Å². The van der Waals surface area contributed by atoms with Crippen molar-refractivity contribution in [1.82, 2.24) is 0 Å². The van der Waals surface area contributed by atoms with Gasteiger partial charge in [-0.2, -0.15) is 0 Å². The summed E-state index contributed by atoms with van der Waals surface area (Å²) in [5.74, 6) is 1.38. The smallest absolute Gasteiger partial charge is 0.119 e. The van der Waals surface area contributed by atoms with E-state index in [9.17, 15) is 0 Å². The molecule has 0 heterocycles. The molecule has 0 aliphatic carbocycles. The number of hydrogen-bond donors (Lipinski definition) is 0. The van der Waals surface area contributed by atoms with Gasteiger partial charge in [-0.05, 0) is 24.3 Å². The molecule has 60 valence electrons. The van der Waals surface area contributed by atoms with Crippen molar-refractivity contribution in [1.29, 1.82) is 0 Å². The molecule has 0 radical (unpaired) electrons. The second kappa shape index (κ2) is 4.62. The highest BCUT2D eigenvalue weighted by molar-refractivity contribution is 9.10. The summed E-state index contributed by atoms with van der Waals surface area (Å²) in [7, 11) is 0. The van der Waals surface area contributed by atoms with Gasteiger partial charge >= 0.3 is 0 Å². The molecule has 0 bridgehead atoms. The Morgan fingerprint density at radius 3 is 2.45 bits per heavy atom. The minimum Gasteiger partial charge on any atom is -0.492 e. The van der Waals surface area contributed by atoms with Crippen LogP contribution in [0.2, 0.25) is 0 Å². The molecular formula is C8H8BrClO. The minimum absolute atomic E-state index is 0.524. The topological polar surface area (TPSA) is 9.23 Å². The van der Waals surface area contributed by atoms with Crippen LogP contribution in [0.3, 0.4) is 0 Å². The number of rotatable bonds is 3. The monoisotopic (exact) mass is 234 g/mol. The number of hydrogen-bond acceptors (Lipinski definition) is 1. The van der Waals surface area contributed by atoms with Gasteiger partial charge in [-0.25, -0.2) is 0 Å². The van der Waals surface area contributed by atoms with Crippen molar-refractivity contribution in [2.45, 2.75) is 0 Å². The first-order chi connectivity index (χ1) is 5.33. The summed E-state index contributed by atoms with van der Waals surface area (Å²) in [4.78, 5) is 0. The Kier molecular flexibility index (Phi) is 3.73. The fourth-order valence-electron chi connectivity index (χ4n) is 0.687. The average molecular weight is 236 g/mol. The second-order valence-electron chi connectivity index (χ2n) is 1.99. The van der Waals surface area contributed by atoms with Crippen molar-refractivity contribution >= 4 is 27.5 Å². The molecule has 0 fully saturated rings.